The molecule has 0 saturated carbocycles. The van der Waals surface area contributed by atoms with Crippen LogP contribution in [0.3, 0.4) is 0 Å². The highest BCUT2D eigenvalue weighted by molar-refractivity contribution is 6.30. The summed E-state index contributed by atoms with van der Waals surface area (Å²) in [4.78, 5) is 5.23. The van der Waals surface area contributed by atoms with E-state index in [9.17, 15) is 0 Å². The maximum atomic E-state index is 6.08. The van der Waals surface area contributed by atoms with Crippen molar-refractivity contribution >= 4 is 11.6 Å². The van der Waals surface area contributed by atoms with Crippen molar-refractivity contribution in [2.75, 3.05) is 39.8 Å². The zero-order chi connectivity index (χ0) is 13.2. The van der Waals surface area contributed by atoms with Crippen LogP contribution in [0.25, 0.3) is 0 Å². The first-order valence-corrected chi connectivity index (χ1v) is 7.52. The predicted molar refractivity (Wildman–Crippen MR) is 79.8 cm³/mol. The van der Waals surface area contributed by atoms with Crippen LogP contribution in [0.1, 0.15) is 5.56 Å². The summed E-state index contributed by atoms with van der Waals surface area (Å²) in [6, 6.07) is 9.38. The lowest BCUT2D eigenvalue weighted by Gasteiger charge is -2.50. The molecule has 0 radical (unpaired) electrons. The number of rotatable bonds is 4. The van der Waals surface area contributed by atoms with Gasteiger partial charge in [0.05, 0.1) is 0 Å². The quantitative estimate of drug-likeness (QED) is 0.901. The highest BCUT2D eigenvalue weighted by Crippen LogP contribution is 2.21. The molecule has 2 atom stereocenters. The molecule has 3 aliphatic rings. The van der Waals surface area contributed by atoms with Crippen LogP contribution >= 0.6 is 11.6 Å². The molecule has 0 aliphatic carbocycles. The van der Waals surface area contributed by atoms with Gasteiger partial charge in [-0.15, -0.1) is 0 Å². The van der Waals surface area contributed by atoms with Gasteiger partial charge >= 0.3 is 0 Å². The van der Waals surface area contributed by atoms with Crippen molar-refractivity contribution in [1.29, 1.82) is 0 Å². The summed E-state index contributed by atoms with van der Waals surface area (Å²) in [6.45, 7) is 6.12. The Hall–Kier alpha value is -0.610. The van der Waals surface area contributed by atoms with Crippen LogP contribution in [0.5, 0.6) is 0 Å². The number of piperazine rings is 3. The lowest BCUT2D eigenvalue weighted by molar-refractivity contribution is -0.00201. The fourth-order valence-electron chi connectivity index (χ4n) is 3.39. The van der Waals surface area contributed by atoms with Gasteiger partial charge in [0.15, 0.2) is 0 Å². The first kappa shape index (κ1) is 13.4. The molecule has 1 aromatic rings. The minimum atomic E-state index is 0.501. The van der Waals surface area contributed by atoms with Gasteiger partial charge in [0.2, 0.25) is 0 Å². The van der Waals surface area contributed by atoms with Gasteiger partial charge in [-0.25, -0.2) is 0 Å². The van der Waals surface area contributed by atoms with Crippen LogP contribution in [-0.2, 0) is 6.42 Å². The molecule has 2 bridgehead atoms. The zero-order valence-corrected chi connectivity index (χ0v) is 12.2. The smallest absolute Gasteiger partial charge is 0.0408 e. The number of nitrogens with one attached hydrogen (secondary N) is 1. The van der Waals surface area contributed by atoms with E-state index in [1.807, 2.05) is 12.1 Å². The monoisotopic (exact) mass is 279 g/mol. The summed E-state index contributed by atoms with van der Waals surface area (Å²) in [6.07, 6.45) is 1.05. The first-order chi connectivity index (χ1) is 9.26. The molecular weight excluding hydrogens is 258 g/mol. The Bertz CT molecular complexity index is 429. The Balaban J connectivity index is 1.70. The minimum absolute atomic E-state index is 0.501. The predicted octanol–water partition coefficient (Wildman–Crippen LogP) is 1.47. The van der Waals surface area contributed by atoms with E-state index in [-0.39, 0.29) is 0 Å². The first-order valence-electron chi connectivity index (χ1n) is 7.14. The van der Waals surface area contributed by atoms with Crippen LogP contribution in [0.2, 0.25) is 5.02 Å². The standard InChI is InChI=1S/C15H22ClN3/c1-17-14(10-12-3-2-4-13(16)9-12)15-11-18-5-7-19(15)8-6-18/h2-4,9,14-15,17H,5-8,10-11H2,1H3. The zero-order valence-electron chi connectivity index (χ0n) is 11.5. The van der Waals surface area contributed by atoms with Gasteiger partial charge in [0, 0.05) is 49.8 Å². The van der Waals surface area contributed by atoms with Gasteiger partial charge in [-0.3, -0.25) is 9.80 Å². The number of fused-ring (bicyclic) bond motifs is 3. The van der Waals surface area contributed by atoms with Gasteiger partial charge in [-0.05, 0) is 31.2 Å². The molecule has 0 spiro atoms. The third-order valence-corrected chi connectivity index (χ3v) is 4.74. The van der Waals surface area contributed by atoms with Crippen molar-refractivity contribution in [2.24, 2.45) is 0 Å². The molecule has 1 N–H and O–H groups in total. The summed E-state index contributed by atoms with van der Waals surface area (Å²) in [5, 5.41) is 4.35. The van der Waals surface area contributed by atoms with Crippen molar-refractivity contribution in [2.45, 2.75) is 18.5 Å². The van der Waals surface area contributed by atoms with E-state index in [2.05, 4.69) is 34.3 Å². The second-order valence-electron chi connectivity index (χ2n) is 5.63. The molecular formula is C15H22ClN3. The molecule has 1 aromatic carbocycles. The van der Waals surface area contributed by atoms with Crippen LogP contribution in [0, 0.1) is 0 Å². The average molecular weight is 280 g/mol. The second-order valence-corrected chi connectivity index (χ2v) is 6.07. The van der Waals surface area contributed by atoms with Gasteiger partial charge in [0.1, 0.15) is 0 Å². The summed E-state index contributed by atoms with van der Waals surface area (Å²) in [7, 11) is 2.08. The average Bonchev–Trinajstić information content (AvgIpc) is 2.46. The van der Waals surface area contributed by atoms with Gasteiger partial charge in [-0.1, -0.05) is 23.7 Å². The van der Waals surface area contributed by atoms with Crippen molar-refractivity contribution in [3.63, 3.8) is 0 Å². The molecule has 2 unspecified atom stereocenters. The number of nitrogens with zero attached hydrogens (tertiary/aromatic N) is 2. The molecule has 3 nitrogen and oxygen atoms in total. The highest BCUT2D eigenvalue weighted by Gasteiger charge is 2.36. The van der Waals surface area contributed by atoms with Crippen LogP contribution in [-0.4, -0.2) is 61.7 Å². The molecule has 3 saturated heterocycles. The Kier molecular flexibility index (Phi) is 4.08. The third-order valence-electron chi connectivity index (χ3n) is 4.50. The molecule has 0 amide bonds. The lowest BCUT2D eigenvalue weighted by atomic mass is 9.94. The third kappa shape index (κ3) is 2.95. The second kappa shape index (κ2) is 5.80. The Morgan fingerprint density at radius 3 is 2.68 bits per heavy atom. The molecule has 19 heavy (non-hydrogen) atoms. The number of hydrogen-bond donors (Lipinski definition) is 1. The number of halogens is 1. The Labute approximate surface area is 120 Å². The molecule has 104 valence electrons. The Morgan fingerprint density at radius 2 is 2.11 bits per heavy atom. The highest BCUT2D eigenvalue weighted by atomic mass is 35.5. The topological polar surface area (TPSA) is 18.5 Å². The van der Waals surface area contributed by atoms with Crippen LogP contribution in [0.4, 0.5) is 0 Å². The van der Waals surface area contributed by atoms with E-state index in [1.54, 1.807) is 0 Å². The van der Waals surface area contributed by atoms with E-state index < -0.39 is 0 Å². The van der Waals surface area contributed by atoms with E-state index in [1.165, 1.54) is 38.3 Å². The van der Waals surface area contributed by atoms with E-state index >= 15 is 0 Å². The van der Waals surface area contributed by atoms with Gasteiger partial charge in [0.25, 0.3) is 0 Å². The molecule has 3 heterocycles. The van der Waals surface area contributed by atoms with Gasteiger partial charge in [-0.2, -0.15) is 0 Å². The summed E-state index contributed by atoms with van der Waals surface area (Å²) in [5.74, 6) is 0. The minimum Gasteiger partial charge on any atom is -0.315 e. The fourth-order valence-corrected chi connectivity index (χ4v) is 3.60. The van der Waals surface area contributed by atoms with Crippen molar-refractivity contribution in [3.05, 3.63) is 34.9 Å². The van der Waals surface area contributed by atoms with E-state index in [4.69, 9.17) is 11.6 Å². The van der Waals surface area contributed by atoms with Crippen molar-refractivity contribution < 1.29 is 0 Å². The molecule has 0 aromatic heterocycles. The van der Waals surface area contributed by atoms with Crippen molar-refractivity contribution in [1.82, 2.24) is 15.1 Å². The maximum absolute atomic E-state index is 6.08. The normalized spacial score (nSPS) is 31.4. The Morgan fingerprint density at radius 1 is 1.32 bits per heavy atom. The van der Waals surface area contributed by atoms with Crippen LogP contribution < -0.4 is 5.32 Å². The number of hydrogen-bond acceptors (Lipinski definition) is 3. The van der Waals surface area contributed by atoms with Crippen LogP contribution in [0.15, 0.2) is 24.3 Å². The van der Waals surface area contributed by atoms with Gasteiger partial charge < -0.3 is 5.32 Å². The fraction of sp³-hybridized carbons (Fsp3) is 0.600. The van der Waals surface area contributed by atoms with E-state index in [0.29, 0.717) is 12.1 Å². The summed E-state index contributed by atoms with van der Waals surface area (Å²) >= 11 is 6.08. The summed E-state index contributed by atoms with van der Waals surface area (Å²) in [5.41, 5.74) is 1.32. The van der Waals surface area contributed by atoms with E-state index in [0.717, 1.165) is 11.4 Å². The number of benzene rings is 1. The largest absolute Gasteiger partial charge is 0.315 e. The molecule has 4 heteroatoms. The SMILES string of the molecule is CNC(Cc1cccc(Cl)c1)C1CN2CCN1CC2. The lowest BCUT2D eigenvalue weighted by Crippen LogP contribution is -2.66. The maximum Gasteiger partial charge on any atom is 0.0408 e. The molecule has 3 aliphatic heterocycles. The molecule has 4 rings (SSSR count). The molecule has 3 fully saturated rings. The van der Waals surface area contributed by atoms with Crippen molar-refractivity contribution in [3.8, 4) is 0 Å². The number of likely N-dealkylation sites (N-methyl/N-ethyl adjacent to an activating group) is 1. The summed E-state index contributed by atoms with van der Waals surface area (Å²) < 4.78 is 0.